The van der Waals surface area contributed by atoms with Gasteiger partial charge in [-0.05, 0) is 19.1 Å². The van der Waals surface area contributed by atoms with Crippen molar-refractivity contribution in [3.8, 4) is 0 Å². The Morgan fingerprint density at radius 1 is 1.53 bits per heavy atom. The van der Waals surface area contributed by atoms with Crippen LogP contribution in [0.2, 0.25) is 0 Å². The molecule has 0 aliphatic carbocycles. The third-order valence-corrected chi connectivity index (χ3v) is 3.47. The molecule has 5 nitrogen and oxygen atoms in total. The van der Waals surface area contributed by atoms with Crippen LogP contribution in [0.15, 0.2) is 34.8 Å². The quantitative estimate of drug-likeness (QED) is 0.801. The van der Waals surface area contributed by atoms with Gasteiger partial charge in [0.2, 0.25) is 0 Å². The first-order valence-corrected chi connectivity index (χ1v) is 6.83. The lowest BCUT2D eigenvalue weighted by molar-refractivity contribution is -0.142. The fraction of sp³-hybridized carbons (Fsp3) is 0.308. The summed E-state index contributed by atoms with van der Waals surface area (Å²) in [4.78, 5) is 20.8. The van der Waals surface area contributed by atoms with Crippen molar-refractivity contribution in [2.24, 2.45) is 12.0 Å². The van der Waals surface area contributed by atoms with Gasteiger partial charge >= 0.3 is 5.97 Å². The predicted molar refractivity (Wildman–Crippen MR) is 73.1 cm³/mol. The summed E-state index contributed by atoms with van der Waals surface area (Å²) in [5, 5.41) is 1.92. The molecule has 0 aliphatic heterocycles. The SMILES string of the molecule is CCOC(=O)Cc1csc(=Nc2ccccn2)n1C. The van der Waals surface area contributed by atoms with Crippen molar-refractivity contribution in [2.45, 2.75) is 13.3 Å². The first-order chi connectivity index (χ1) is 9.20. The monoisotopic (exact) mass is 277 g/mol. The van der Waals surface area contributed by atoms with Crippen molar-refractivity contribution in [2.75, 3.05) is 6.61 Å². The molecule has 100 valence electrons. The van der Waals surface area contributed by atoms with Crippen molar-refractivity contribution in [3.05, 3.63) is 40.3 Å². The number of aromatic nitrogens is 2. The number of ether oxygens (including phenoxy) is 1. The summed E-state index contributed by atoms with van der Waals surface area (Å²) in [5.74, 6) is 0.433. The second kappa shape index (κ2) is 6.29. The smallest absolute Gasteiger partial charge is 0.311 e. The summed E-state index contributed by atoms with van der Waals surface area (Å²) in [6, 6.07) is 5.57. The third-order valence-electron chi connectivity index (χ3n) is 2.51. The van der Waals surface area contributed by atoms with E-state index in [1.165, 1.54) is 11.3 Å². The van der Waals surface area contributed by atoms with Gasteiger partial charge in [0.15, 0.2) is 10.6 Å². The van der Waals surface area contributed by atoms with Gasteiger partial charge < -0.3 is 9.30 Å². The molecule has 0 saturated carbocycles. The average molecular weight is 277 g/mol. The molecule has 0 aliphatic rings. The van der Waals surface area contributed by atoms with E-state index in [1.807, 2.05) is 35.2 Å². The van der Waals surface area contributed by atoms with Crippen LogP contribution in [0.1, 0.15) is 12.6 Å². The Balaban J connectivity index is 2.23. The molecule has 0 unspecified atom stereocenters. The van der Waals surface area contributed by atoms with E-state index >= 15 is 0 Å². The zero-order chi connectivity index (χ0) is 13.7. The molecular weight excluding hydrogens is 262 g/mol. The largest absolute Gasteiger partial charge is 0.466 e. The van der Waals surface area contributed by atoms with E-state index in [2.05, 4.69) is 9.98 Å². The summed E-state index contributed by atoms with van der Waals surface area (Å²) in [5.41, 5.74) is 0.887. The molecule has 0 radical (unpaired) electrons. The van der Waals surface area contributed by atoms with Crippen LogP contribution in [0.4, 0.5) is 5.82 Å². The predicted octanol–water partition coefficient (Wildman–Crippen LogP) is 1.82. The first-order valence-electron chi connectivity index (χ1n) is 5.95. The van der Waals surface area contributed by atoms with Crippen LogP contribution in [0.3, 0.4) is 0 Å². The molecule has 2 rings (SSSR count). The van der Waals surface area contributed by atoms with Crippen molar-refractivity contribution >= 4 is 23.1 Å². The highest BCUT2D eigenvalue weighted by Gasteiger charge is 2.08. The Labute approximate surface area is 115 Å². The van der Waals surface area contributed by atoms with Gasteiger partial charge in [0.05, 0.1) is 13.0 Å². The lowest BCUT2D eigenvalue weighted by atomic mass is 10.3. The summed E-state index contributed by atoms with van der Waals surface area (Å²) in [7, 11) is 1.88. The van der Waals surface area contributed by atoms with Gasteiger partial charge in [0, 0.05) is 24.3 Å². The van der Waals surface area contributed by atoms with Crippen LogP contribution in [0.25, 0.3) is 0 Å². The Morgan fingerprint density at radius 2 is 2.37 bits per heavy atom. The molecule has 0 fully saturated rings. The summed E-state index contributed by atoms with van der Waals surface area (Å²) < 4.78 is 6.82. The van der Waals surface area contributed by atoms with E-state index < -0.39 is 0 Å². The van der Waals surface area contributed by atoms with E-state index in [1.54, 1.807) is 13.1 Å². The molecule has 0 N–H and O–H groups in total. The highest BCUT2D eigenvalue weighted by atomic mass is 32.1. The fourth-order valence-electron chi connectivity index (χ4n) is 1.54. The van der Waals surface area contributed by atoms with E-state index in [4.69, 9.17) is 4.74 Å². The fourth-order valence-corrected chi connectivity index (χ4v) is 2.45. The molecule has 6 heteroatoms. The second-order valence-electron chi connectivity index (χ2n) is 3.85. The minimum absolute atomic E-state index is 0.222. The molecule has 2 heterocycles. The zero-order valence-corrected chi connectivity index (χ0v) is 11.7. The minimum Gasteiger partial charge on any atom is -0.466 e. The second-order valence-corrected chi connectivity index (χ2v) is 4.69. The third kappa shape index (κ3) is 3.51. The highest BCUT2D eigenvalue weighted by Crippen LogP contribution is 2.07. The molecule has 0 aromatic carbocycles. The summed E-state index contributed by atoms with van der Waals surface area (Å²) in [6.45, 7) is 2.20. The maximum Gasteiger partial charge on any atom is 0.311 e. The van der Waals surface area contributed by atoms with Gasteiger partial charge in [-0.15, -0.1) is 11.3 Å². The number of pyridine rings is 1. The number of hydrogen-bond acceptors (Lipinski definition) is 5. The number of rotatable bonds is 4. The maximum atomic E-state index is 11.5. The molecule has 0 amide bonds. The zero-order valence-electron chi connectivity index (χ0n) is 10.9. The lowest BCUT2D eigenvalue weighted by Gasteiger charge is -2.02. The van der Waals surface area contributed by atoms with E-state index in [0.717, 1.165) is 10.5 Å². The van der Waals surface area contributed by atoms with E-state index in [9.17, 15) is 4.79 Å². The molecule has 19 heavy (non-hydrogen) atoms. The van der Waals surface area contributed by atoms with Crippen molar-refractivity contribution in [3.63, 3.8) is 0 Å². The molecular formula is C13H15N3O2S. The van der Waals surface area contributed by atoms with E-state index in [0.29, 0.717) is 12.4 Å². The number of carbonyl (C=O) groups excluding carboxylic acids is 1. The summed E-state index contributed by atoms with van der Waals surface area (Å²) in [6.07, 6.45) is 1.96. The molecule has 0 atom stereocenters. The van der Waals surface area contributed by atoms with Gasteiger partial charge in [-0.25, -0.2) is 9.98 Å². The van der Waals surface area contributed by atoms with E-state index in [-0.39, 0.29) is 12.4 Å². The lowest BCUT2D eigenvalue weighted by Crippen LogP contribution is -2.16. The van der Waals surface area contributed by atoms with Gasteiger partial charge in [-0.3, -0.25) is 4.79 Å². The van der Waals surface area contributed by atoms with Crippen LogP contribution >= 0.6 is 11.3 Å². The standard InChI is InChI=1S/C13H15N3O2S/c1-3-18-12(17)8-10-9-19-13(16(10)2)15-11-6-4-5-7-14-11/h4-7,9H,3,8H2,1-2H3. The average Bonchev–Trinajstić information content (AvgIpc) is 2.73. The number of nitrogens with zero attached hydrogens (tertiary/aromatic N) is 3. The Kier molecular flexibility index (Phi) is 4.46. The summed E-state index contributed by atoms with van der Waals surface area (Å²) >= 11 is 1.48. The van der Waals surface area contributed by atoms with Gasteiger partial charge in [-0.2, -0.15) is 0 Å². The number of thiazole rings is 1. The number of esters is 1. The van der Waals surface area contributed by atoms with Crippen molar-refractivity contribution < 1.29 is 9.53 Å². The highest BCUT2D eigenvalue weighted by molar-refractivity contribution is 7.07. The topological polar surface area (TPSA) is 56.5 Å². The van der Waals surface area contributed by atoms with Crippen LogP contribution in [-0.2, 0) is 23.0 Å². The van der Waals surface area contributed by atoms with Gasteiger partial charge in [0.25, 0.3) is 0 Å². The molecule has 0 spiro atoms. The van der Waals surface area contributed by atoms with Gasteiger partial charge in [0.1, 0.15) is 0 Å². The Bertz CT molecular complexity index is 616. The Hall–Kier alpha value is -1.95. The van der Waals surface area contributed by atoms with Crippen LogP contribution in [-0.4, -0.2) is 22.1 Å². The maximum absolute atomic E-state index is 11.5. The first kappa shape index (κ1) is 13.5. The van der Waals surface area contributed by atoms with Crippen LogP contribution < -0.4 is 4.80 Å². The number of carbonyl (C=O) groups is 1. The minimum atomic E-state index is -0.222. The molecule has 2 aromatic rings. The van der Waals surface area contributed by atoms with Crippen LogP contribution in [0, 0.1) is 0 Å². The van der Waals surface area contributed by atoms with Gasteiger partial charge in [-0.1, -0.05) is 6.07 Å². The van der Waals surface area contributed by atoms with Crippen molar-refractivity contribution in [1.29, 1.82) is 0 Å². The molecule has 2 aromatic heterocycles. The van der Waals surface area contributed by atoms with Crippen LogP contribution in [0.5, 0.6) is 0 Å². The molecule has 0 bridgehead atoms. The molecule has 0 saturated heterocycles. The normalized spacial score (nSPS) is 11.6. The number of hydrogen-bond donors (Lipinski definition) is 0. The van der Waals surface area contributed by atoms with Crippen molar-refractivity contribution in [1.82, 2.24) is 9.55 Å². The Morgan fingerprint density at radius 3 is 3.05 bits per heavy atom.